The van der Waals surface area contributed by atoms with Crippen molar-refractivity contribution < 1.29 is 18.6 Å². The number of aliphatic hydroxyl groups is 2. The molecule has 0 bridgehead atoms. The Morgan fingerprint density at radius 3 is 2.29 bits per heavy atom. The summed E-state index contributed by atoms with van der Waals surface area (Å²) < 4.78 is 24.7. The predicted octanol–water partition coefficient (Wildman–Crippen LogP) is 2.71. The largest absolute Gasteiger partial charge is 0.393 e. The molecule has 1 aromatic heterocycles. The van der Waals surface area contributed by atoms with E-state index in [0.29, 0.717) is 0 Å². The van der Waals surface area contributed by atoms with E-state index in [9.17, 15) is 18.6 Å². The minimum absolute atomic E-state index is 0.127. The maximum atomic E-state index is 12.3. The van der Waals surface area contributed by atoms with Gasteiger partial charge in [-0.25, -0.2) is 8.42 Å². The highest BCUT2D eigenvalue weighted by molar-refractivity contribution is 7.93. The fraction of sp³-hybridized carbons (Fsp3) is 0.231. The summed E-state index contributed by atoms with van der Waals surface area (Å²) in [6.45, 7) is -0.770. The lowest BCUT2D eigenvalue weighted by Crippen LogP contribution is -2.38. The lowest BCUT2D eigenvalue weighted by Gasteiger charge is -2.26. The van der Waals surface area contributed by atoms with E-state index in [4.69, 9.17) is 23.2 Å². The monoisotopic (exact) mass is 366 g/mol. The molecule has 1 unspecified atom stereocenters. The third-order valence-electron chi connectivity index (χ3n) is 2.89. The molecule has 2 aromatic rings. The number of hydrogen-bond donors (Lipinski definition) is 2. The van der Waals surface area contributed by atoms with Crippen molar-refractivity contribution in [2.75, 3.05) is 12.4 Å². The van der Waals surface area contributed by atoms with Crippen LogP contribution in [0.2, 0.25) is 10.0 Å². The molecule has 4 nitrogen and oxygen atoms in total. The van der Waals surface area contributed by atoms with Crippen LogP contribution >= 0.6 is 34.5 Å². The van der Waals surface area contributed by atoms with Crippen LogP contribution < -0.4 is 0 Å². The average molecular weight is 367 g/mol. The molecule has 1 atom stereocenters. The van der Waals surface area contributed by atoms with Gasteiger partial charge in [-0.3, -0.25) is 0 Å². The Morgan fingerprint density at radius 1 is 1.19 bits per heavy atom. The molecule has 1 heterocycles. The van der Waals surface area contributed by atoms with E-state index >= 15 is 0 Å². The van der Waals surface area contributed by atoms with Gasteiger partial charge in [0, 0.05) is 10.0 Å². The number of halogens is 2. The minimum atomic E-state index is -3.74. The highest BCUT2D eigenvalue weighted by atomic mass is 35.5. The molecular formula is C13H12Cl2O4S2. The molecule has 2 N–H and O–H groups in total. The van der Waals surface area contributed by atoms with Gasteiger partial charge >= 0.3 is 0 Å². The van der Waals surface area contributed by atoms with Gasteiger partial charge in [0.2, 0.25) is 0 Å². The highest BCUT2D eigenvalue weighted by Crippen LogP contribution is 2.31. The zero-order valence-electron chi connectivity index (χ0n) is 10.7. The molecule has 1 aromatic carbocycles. The molecule has 0 spiro atoms. The molecule has 21 heavy (non-hydrogen) atoms. The van der Waals surface area contributed by atoms with Crippen molar-refractivity contribution in [1.29, 1.82) is 0 Å². The second kappa shape index (κ2) is 6.24. The summed E-state index contributed by atoms with van der Waals surface area (Å²) in [5.41, 5.74) is -1.82. The van der Waals surface area contributed by atoms with Crippen LogP contribution in [0.5, 0.6) is 0 Å². The van der Waals surface area contributed by atoms with Gasteiger partial charge in [0.15, 0.2) is 9.84 Å². The molecule has 0 aliphatic heterocycles. The van der Waals surface area contributed by atoms with Crippen LogP contribution in [-0.2, 0) is 15.4 Å². The van der Waals surface area contributed by atoms with Crippen molar-refractivity contribution in [2.45, 2.75) is 9.81 Å². The standard InChI is InChI=1S/C13H12Cl2O4S2/c14-10-4-9(5-11(15)6-10)13(17,7-16)8-21(18,19)12-2-1-3-20-12/h1-6,16-17H,7-8H2. The quantitative estimate of drug-likeness (QED) is 0.852. The van der Waals surface area contributed by atoms with E-state index in [2.05, 4.69) is 0 Å². The third kappa shape index (κ3) is 3.77. The fourth-order valence-electron chi connectivity index (χ4n) is 1.87. The maximum Gasteiger partial charge on any atom is 0.190 e. The molecule has 0 saturated carbocycles. The Morgan fingerprint density at radius 2 is 1.81 bits per heavy atom. The van der Waals surface area contributed by atoms with Crippen molar-refractivity contribution in [3.8, 4) is 0 Å². The Hall–Kier alpha value is -0.630. The first-order valence-electron chi connectivity index (χ1n) is 5.83. The van der Waals surface area contributed by atoms with Gasteiger partial charge in [0.05, 0.1) is 12.4 Å². The molecule has 0 radical (unpaired) electrons. The molecule has 0 amide bonds. The highest BCUT2D eigenvalue weighted by Gasteiger charge is 2.36. The smallest absolute Gasteiger partial charge is 0.190 e. The van der Waals surface area contributed by atoms with Crippen molar-refractivity contribution in [3.05, 3.63) is 51.3 Å². The Balaban J connectivity index is 2.42. The Labute approximate surface area is 136 Å². The molecule has 0 saturated heterocycles. The van der Waals surface area contributed by atoms with Crippen molar-refractivity contribution >= 4 is 44.4 Å². The molecule has 8 heteroatoms. The lowest BCUT2D eigenvalue weighted by molar-refractivity contribution is 0.000763. The summed E-state index contributed by atoms with van der Waals surface area (Å²) in [5.74, 6) is -0.659. The summed E-state index contributed by atoms with van der Waals surface area (Å²) in [7, 11) is -3.74. The van der Waals surface area contributed by atoms with E-state index in [1.54, 1.807) is 11.4 Å². The van der Waals surface area contributed by atoms with Crippen LogP contribution in [0.1, 0.15) is 5.56 Å². The van der Waals surface area contributed by atoms with E-state index in [-0.39, 0.29) is 19.8 Å². The number of thiophene rings is 1. The van der Waals surface area contributed by atoms with Crippen molar-refractivity contribution in [1.82, 2.24) is 0 Å². The van der Waals surface area contributed by atoms with Crippen LogP contribution in [0.3, 0.4) is 0 Å². The SMILES string of the molecule is O=S(=O)(CC(O)(CO)c1cc(Cl)cc(Cl)c1)c1cccs1. The van der Waals surface area contributed by atoms with Gasteiger partial charge in [-0.05, 0) is 35.2 Å². The first kappa shape index (κ1) is 16.7. The molecular weight excluding hydrogens is 355 g/mol. The van der Waals surface area contributed by atoms with Crippen LogP contribution in [-0.4, -0.2) is 31.0 Å². The van der Waals surface area contributed by atoms with E-state index in [1.165, 1.54) is 24.3 Å². The number of benzene rings is 1. The minimum Gasteiger partial charge on any atom is -0.393 e. The first-order valence-corrected chi connectivity index (χ1v) is 9.12. The third-order valence-corrected chi connectivity index (χ3v) is 6.65. The molecule has 0 aliphatic carbocycles. The van der Waals surface area contributed by atoms with Crippen LogP contribution in [0.15, 0.2) is 39.9 Å². The number of rotatable bonds is 5. The number of hydrogen-bond acceptors (Lipinski definition) is 5. The summed E-state index contributed by atoms with van der Waals surface area (Å²) in [6, 6.07) is 7.27. The van der Waals surface area contributed by atoms with Crippen LogP contribution in [0.25, 0.3) is 0 Å². The summed E-state index contributed by atoms with van der Waals surface area (Å²) in [4.78, 5) is 0. The second-order valence-electron chi connectivity index (χ2n) is 4.54. The van der Waals surface area contributed by atoms with Crippen molar-refractivity contribution in [2.24, 2.45) is 0 Å². The summed E-state index contributed by atoms with van der Waals surface area (Å²) >= 11 is 12.8. The average Bonchev–Trinajstić information content (AvgIpc) is 2.91. The van der Waals surface area contributed by atoms with Gasteiger partial charge in [0.1, 0.15) is 9.81 Å². The molecule has 2 rings (SSSR count). The van der Waals surface area contributed by atoms with Crippen molar-refractivity contribution in [3.63, 3.8) is 0 Å². The van der Waals surface area contributed by atoms with Gasteiger partial charge < -0.3 is 10.2 Å². The number of aliphatic hydroxyl groups excluding tert-OH is 1. The second-order valence-corrected chi connectivity index (χ2v) is 8.58. The number of sulfone groups is 1. The van der Waals surface area contributed by atoms with Gasteiger partial charge in [-0.1, -0.05) is 29.3 Å². The fourth-order valence-corrected chi connectivity index (χ4v) is 5.09. The molecule has 0 fully saturated rings. The normalized spacial score (nSPS) is 14.9. The Kier molecular flexibility index (Phi) is 4.97. The summed E-state index contributed by atoms with van der Waals surface area (Å²) in [6.07, 6.45) is 0. The van der Waals surface area contributed by atoms with Crippen LogP contribution in [0.4, 0.5) is 0 Å². The predicted molar refractivity (Wildman–Crippen MR) is 83.8 cm³/mol. The molecule has 114 valence electrons. The van der Waals surface area contributed by atoms with Gasteiger partial charge in [0.25, 0.3) is 0 Å². The topological polar surface area (TPSA) is 74.6 Å². The Bertz CT molecular complexity index is 708. The van der Waals surface area contributed by atoms with Gasteiger partial charge in [-0.2, -0.15) is 0 Å². The van der Waals surface area contributed by atoms with Crippen LogP contribution in [0, 0.1) is 0 Å². The zero-order chi connectivity index (χ0) is 15.7. The maximum absolute atomic E-state index is 12.3. The van der Waals surface area contributed by atoms with Gasteiger partial charge in [-0.15, -0.1) is 11.3 Å². The van der Waals surface area contributed by atoms with E-state index < -0.39 is 27.8 Å². The molecule has 0 aliphatic rings. The summed E-state index contributed by atoms with van der Waals surface area (Å²) in [5, 5.41) is 22.1. The first-order chi connectivity index (χ1) is 9.77. The lowest BCUT2D eigenvalue weighted by atomic mass is 9.97. The van der Waals surface area contributed by atoms with E-state index in [1.807, 2.05) is 0 Å². The zero-order valence-corrected chi connectivity index (χ0v) is 13.8. The van der Waals surface area contributed by atoms with E-state index in [0.717, 1.165) is 11.3 Å².